The van der Waals surface area contributed by atoms with E-state index in [1.165, 1.54) is 5.56 Å². The largest absolute Gasteiger partial charge is 0.395 e. The zero-order valence-electron chi connectivity index (χ0n) is 14.8. The predicted molar refractivity (Wildman–Crippen MR) is 99.1 cm³/mol. The van der Waals surface area contributed by atoms with Crippen LogP contribution in [0.25, 0.3) is 0 Å². The van der Waals surface area contributed by atoms with Crippen LogP contribution in [0.1, 0.15) is 43.2 Å². The maximum absolute atomic E-state index is 12.1. The summed E-state index contributed by atoms with van der Waals surface area (Å²) in [4.78, 5) is 14.5. The molecule has 1 fully saturated rings. The van der Waals surface area contributed by atoms with Gasteiger partial charge in [-0.2, -0.15) is 0 Å². The van der Waals surface area contributed by atoms with Crippen LogP contribution in [0.3, 0.4) is 0 Å². The fourth-order valence-corrected chi connectivity index (χ4v) is 3.74. The van der Waals surface area contributed by atoms with Gasteiger partial charge in [-0.15, -0.1) is 0 Å². The Morgan fingerprint density at radius 1 is 1.20 bits per heavy atom. The van der Waals surface area contributed by atoms with Crippen LogP contribution >= 0.6 is 0 Å². The van der Waals surface area contributed by atoms with Crippen molar-refractivity contribution in [2.45, 2.75) is 57.3 Å². The Labute approximate surface area is 150 Å². The monoisotopic (exact) mass is 343 g/mol. The van der Waals surface area contributed by atoms with Gasteiger partial charge < -0.3 is 15.7 Å². The van der Waals surface area contributed by atoms with Gasteiger partial charge in [-0.25, -0.2) is 4.79 Å². The highest BCUT2D eigenvalue weighted by Crippen LogP contribution is 2.21. The van der Waals surface area contributed by atoms with Gasteiger partial charge in [0.25, 0.3) is 0 Å². The van der Waals surface area contributed by atoms with Gasteiger partial charge in [0.05, 0.1) is 6.61 Å². The van der Waals surface area contributed by atoms with Crippen LogP contribution in [0, 0.1) is 0 Å². The molecule has 3 N–H and O–H groups in total. The average Bonchev–Trinajstić information content (AvgIpc) is 3.09. The van der Waals surface area contributed by atoms with E-state index >= 15 is 0 Å². The number of aliphatic hydroxyl groups excluding tert-OH is 1. The lowest BCUT2D eigenvalue weighted by molar-refractivity contribution is 0.153. The molecule has 25 heavy (non-hydrogen) atoms. The van der Waals surface area contributed by atoms with Gasteiger partial charge in [-0.3, -0.25) is 4.90 Å². The van der Waals surface area contributed by atoms with Crippen molar-refractivity contribution in [3.8, 4) is 0 Å². The van der Waals surface area contributed by atoms with Crippen molar-refractivity contribution >= 4 is 6.03 Å². The molecule has 136 valence electrons. The molecule has 2 atom stereocenters. The third kappa shape index (κ3) is 5.06. The molecule has 5 heteroatoms. The molecule has 0 radical (unpaired) electrons. The van der Waals surface area contributed by atoms with Gasteiger partial charge in [-0.05, 0) is 49.8 Å². The normalized spacial score (nSPS) is 23.6. The van der Waals surface area contributed by atoms with Crippen molar-refractivity contribution in [1.82, 2.24) is 15.5 Å². The number of hydrogen-bond acceptors (Lipinski definition) is 3. The number of carbonyl (C=O) groups excluding carboxylic acids is 1. The number of aliphatic hydroxyl groups is 1. The van der Waals surface area contributed by atoms with Crippen molar-refractivity contribution in [3.63, 3.8) is 0 Å². The summed E-state index contributed by atoms with van der Waals surface area (Å²) in [7, 11) is 0. The van der Waals surface area contributed by atoms with E-state index in [9.17, 15) is 9.90 Å². The topological polar surface area (TPSA) is 64.6 Å². The maximum atomic E-state index is 12.1. The number of carbonyl (C=O) groups is 1. The minimum Gasteiger partial charge on any atom is -0.395 e. The number of benzene rings is 1. The second-order valence-corrected chi connectivity index (χ2v) is 7.01. The highest BCUT2D eigenvalue weighted by Gasteiger charge is 2.24. The van der Waals surface area contributed by atoms with Crippen molar-refractivity contribution in [2.75, 3.05) is 13.2 Å². The first-order valence-corrected chi connectivity index (χ1v) is 9.39. The summed E-state index contributed by atoms with van der Waals surface area (Å²) in [5.41, 5.74) is 2.36. The standard InChI is InChI=1S/C20H29N3O2/c24-15-19-11-6-12-23(19)14-17-8-5-4-7-16(17)13-21-20(25)22-18-9-2-1-3-10-18/h2,4-5,7-9,18-19,24H,1,3,6,10-15H2,(H2,21,22,25)/t18-,19+/m0/s1. The van der Waals surface area contributed by atoms with Crippen molar-refractivity contribution in [2.24, 2.45) is 0 Å². The molecule has 0 aromatic heterocycles. The van der Waals surface area contributed by atoms with E-state index in [0.717, 1.165) is 50.8 Å². The summed E-state index contributed by atoms with van der Waals surface area (Å²) < 4.78 is 0. The van der Waals surface area contributed by atoms with Gasteiger partial charge in [0.2, 0.25) is 0 Å². The minimum atomic E-state index is -0.110. The quantitative estimate of drug-likeness (QED) is 0.696. The van der Waals surface area contributed by atoms with Crippen LogP contribution in [0.4, 0.5) is 4.79 Å². The van der Waals surface area contributed by atoms with E-state index in [-0.39, 0.29) is 24.7 Å². The van der Waals surface area contributed by atoms with Gasteiger partial charge in [0, 0.05) is 25.2 Å². The smallest absolute Gasteiger partial charge is 0.315 e. The summed E-state index contributed by atoms with van der Waals surface area (Å²) in [6.45, 7) is 2.60. The summed E-state index contributed by atoms with van der Waals surface area (Å²) in [5, 5.41) is 15.5. The molecule has 0 spiro atoms. The van der Waals surface area contributed by atoms with Crippen LogP contribution in [0.2, 0.25) is 0 Å². The van der Waals surface area contributed by atoms with Crippen molar-refractivity contribution < 1.29 is 9.90 Å². The second kappa shape index (κ2) is 9.02. The molecule has 1 aromatic rings. The molecule has 5 nitrogen and oxygen atoms in total. The molecule has 3 rings (SSSR count). The van der Waals surface area contributed by atoms with Gasteiger partial charge in [-0.1, -0.05) is 36.4 Å². The van der Waals surface area contributed by atoms with E-state index in [1.807, 2.05) is 12.1 Å². The fourth-order valence-electron chi connectivity index (χ4n) is 3.74. The highest BCUT2D eigenvalue weighted by molar-refractivity contribution is 5.74. The Kier molecular flexibility index (Phi) is 6.48. The summed E-state index contributed by atoms with van der Waals surface area (Å²) in [5.74, 6) is 0. The average molecular weight is 343 g/mol. The first-order valence-electron chi connectivity index (χ1n) is 9.39. The van der Waals surface area contributed by atoms with E-state index in [0.29, 0.717) is 6.54 Å². The van der Waals surface area contributed by atoms with Gasteiger partial charge in [0.15, 0.2) is 0 Å². The Morgan fingerprint density at radius 3 is 2.80 bits per heavy atom. The first kappa shape index (κ1) is 18.0. The van der Waals surface area contributed by atoms with E-state index in [2.05, 4.69) is 39.8 Å². The van der Waals surface area contributed by atoms with Gasteiger partial charge >= 0.3 is 6.03 Å². The molecule has 1 saturated heterocycles. The lowest BCUT2D eigenvalue weighted by Crippen LogP contribution is -2.41. The number of urea groups is 1. The SMILES string of the molecule is O=C(NCc1ccccc1CN1CCC[C@@H]1CO)N[C@H]1C=CCCC1. The second-order valence-electron chi connectivity index (χ2n) is 7.01. The Hall–Kier alpha value is -1.85. The lowest BCUT2D eigenvalue weighted by atomic mass is 10.0. The number of amides is 2. The van der Waals surface area contributed by atoms with Crippen LogP contribution in [0.5, 0.6) is 0 Å². The molecule has 2 aliphatic rings. The van der Waals surface area contributed by atoms with Crippen LogP contribution in [-0.4, -0.2) is 41.3 Å². The number of nitrogens with one attached hydrogen (secondary N) is 2. The summed E-state index contributed by atoms with van der Waals surface area (Å²) >= 11 is 0. The fraction of sp³-hybridized carbons (Fsp3) is 0.550. The van der Waals surface area contributed by atoms with Crippen LogP contribution < -0.4 is 10.6 Å². The molecule has 0 unspecified atom stereocenters. The van der Waals surface area contributed by atoms with E-state index < -0.39 is 0 Å². The van der Waals surface area contributed by atoms with Crippen molar-refractivity contribution in [3.05, 3.63) is 47.5 Å². The molecular formula is C20H29N3O2. The number of rotatable bonds is 6. The molecule has 0 bridgehead atoms. The molecule has 1 heterocycles. The first-order chi connectivity index (χ1) is 12.3. The molecule has 1 aliphatic heterocycles. The number of hydrogen-bond donors (Lipinski definition) is 3. The Morgan fingerprint density at radius 2 is 2.04 bits per heavy atom. The zero-order chi connectivity index (χ0) is 17.5. The molecule has 0 saturated carbocycles. The minimum absolute atomic E-state index is 0.110. The maximum Gasteiger partial charge on any atom is 0.315 e. The Balaban J connectivity index is 1.54. The number of likely N-dealkylation sites (tertiary alicyclic amines) is 1. The number of allylic oxidation sites excluding steroid dienone is 1. The van der Waals surface area contributed by atoms with E-state index in [1.54, 1.807) is 0 Å². The molecular weight excluding hydrogens is 314 g/mol. The molecule has 1 aliphatic carbocycles. The predicted octanol–water partition coefficient (Wildman–Crippen LogP) is 2.55. The molecule has 2 amide bonds. The Bertz CT molecular complexity index is 602. The molecule has 1 aromatic carbocycles. The van der Waals surface area contributed by atoms with Crippen LogP contribution in [-0.2, 0) is 13.1 Å². The van der Waals surface area contributed by atoms with E-state index in [4.69, 9.17) is 0 Å². The van der Waals surface area contributed by atoms with Crippen LogP contribution in [0.15, 0.2) is 36.4 Å². The summed E-state index contributed by atoms with van der Waals surface area (Å²) in [6, 6.07) is 8.54. The van der Waals surface area contributed by atoms with Gasteiger partial charge in [0.1, 0.15) is 0 Å². The third-order valence-corrected chi connectivity index (χ3v) is 5.21. The highest BCUT2D eigenvalue weighted by atomic mass is 16.3. The lowest BCUT2D eigenvalue weighted by Gasteiger charge is -2.24. The van der Waals surface area contributed by atoms with Crippen molar-refractivity contribution in [1.29, 1.82) is 0 Å². The number of nitrogens with zero attached hydrogens (tertiary/aromatic N) is 1. The third-order valence-electron chi connectivity index (χ3n) is 5.21. The zero-order valence-corrected chi connectivity index (χ0v) is 14.8. The summed E-state index contributed by atoms with van der Waals surface area (Å²) in [6.07, 6.45) is 9.68.